The van der Waals surface area contributed by atoms with Gasteiger partial charge in [0.25, 0.3) is 5.56 Å². The molecule has 0 aliphatic carbocycles. The fourth-order valence-electron chi connectivity index (χ4n) is 3.01. The molecule has 27 heavy (non-hydrogen) atoms. The molecule has 3 N–H and O–H groups in total. The van der Waals surface area contributed by atoms with Gasteiger partial charge in [0.1, 0.15) is 0 Å². The van der Waals surface area contributed by atoms with Gasteiger partial charge in [-0.05, 0) is 5.56 Å². The van der Waals surface area contributed by atoms with E-state index in [0.29, 0.717) is 6.54 Å². The third-order valence-electron chi connectivity index (χ3n) is 4.53. The van der Waals surface area contributed by atoms with Gasteiger partial charge in [-0.3, -0.25) is 13.9 Å². The summed E-state index contributed by atoms with van der Waals surface area (Å²) in [7, 11) is 2.95. The van der Waals surface area contributed by atoms with E-state index in [0.717, 1.165) is 10.1 Å². The first-order chi connectivity index (χ1) is 12.9. The van der Waals surface area contributed by atoms with Crippen molar-refractivity contribution < 1.29 is 10.2 Å². The van der Waals surface area contributed by atoms with Gasteiger partial charge in [-0.15, -0.1) is 0 Å². The minimum Gasteiger partial charge on any atom is -0.390 e. The highest BCUT2D eigenvalue weighted by atomic mass is 16.3. The molecule has 2 heterocycles. The summed E-state index contributed by atoms with van der Waals surface area (Å²) in [5.74, 6) is 0. The number of aliphatic hydroxyl groups excluding tert-OH is 2. The van der Waals surface area contributed by atoms with Crippen LogP contribution in [-0.2, 0) is 20.6 Å². The van der Waals surface area contributed by atoms with Gasteiger partial charge in [-0.2, -0.15) is 0 Å². The third kappa shape index (κ3) is 3.85. The summed E-state index contributed by atoms with van der Waals surface area (Å²) in [5.41, 5.74) is 0.440. The Hall–Kier alpha value is -2.75. The summed E-state index contributed by atoms with van der Waals surface area (Å²) in [5, 5.41) is 23.4. The maximum absolute atomic E-state index is 12.4. The van der Waals surface area contributed by atoms with E-state index in [1.807, 2.05) is 30.3 Å². The molecule has 0 aliphatic rings. The molecule has 0 saturated carbocycles. The van der Waals surface area contributed by atoms with Crippen LogP contribution in [0.5, 0.6) is 0 Å². The third-order valence-corrected chi connectivity index (χ3v) is 4.53. The first-order valence-corrected chi connectivity index (χ1v) is 8.62. The molecule has 2 atom stereocenters. The molecular formula is C18H23N5O4. The van der Waals surface area contributed by atoms with Gasteiger partial charge in [0.15, 0.2) is 11.2 Å². The molecule has 0 saturated heterocycles. The molecule has 0 aliphatic heterocycles. The highest BCUT2D eigenvalue weighted by Gasteiger charge is 2.16. The van der Waals surface area contributed by atoms with E-state index in [-0.39, 0.29) is 24.3 Å². The van der Waals surface area contributed by atoms with Crippen LogP contribution in [0.4, 0.5) is 0 Å². The Bertz CT molecular complexity index is 1040. The Labute approximate surface area is 155 Å². The summed E-state index contributed by atoms with van der Waals surface area (Å²) < 4.78 is 3.85. The maximum atomic E-state index is 12.4. The van der Waals surface area contributed by atoms with Gasteiger partial charge in [0.05, 0.1) is 25.1 Å². The number of imidazole rings is 1. The summed E-state index contributed by atoms with van der Waals surface area (Å²) in [4.78, 5) is 28.5. The Morgan fingerprint density at radius 3 is 2.48 bits per heavy atom. The number of benzene rings is 1. The van der Waals surface area contributed by atoms with Crippen molar-refractivity contribution in [2.45, 2.75) is 18.8 Å². The van der Waals surface area contributed by atoms with Crippen molar-refractivity contribution >= 4 is 11.2 Å². The zero-order valence-corrected chi connectivity index (χ0v) is 15.2. The zero-order chi connectivity index (χ0) is 19.6. The number of fused-ring (bicyclic) bond motifs is 1. The minimum absolute atomic E-state index is 0.137. The maximum Gasteiger partial charge on any atom is 0.332 e. The average molecular weight is 373 g/mol. The van der Waals surface area contributed by atoms with Crippen LogP contribution in [-0.4, -0.2) is 48.1 Å². The number of aliphatic hydroxyl groups is 2. The van der Waals surface area contributed by atoms with Gasteiger partial charge >= 0.3 is 5.69 Å². The van der Waals surface area contributed by atoms with Crippen LogP contribution in [0.25, 0.3) is 11.2 Å². The van der Waals surface area contributed by atoms with E-state index in [1.54, 1.807) is 7.05 Å². The summed E-state index contributed by atoms with van der Waals surface area (Å²) in [6, 6.07) is 9.25. The molecule has 0 bridgehead atoms. The molecule has 9 heteroatoms. The first-order valence-electron chi connectivity index (χ1n) is 8.62. The second-order valence-electron chi connectivity index (χ2n) is 6.51. The number of aromatic nitrogens is 4. The number of hydrogen-bond acceptors (Lipinski definition) is 6. The fraction of sp³-hybridized carbons (Fsp3) is 0.389. The van der Waals surface area contributed by atoms with Crippen molar-refractivity contribution in [3.05, 3.63) is 63.1 Å². The van der Waals surface area contributed by atoms with E-state index in [4.69, 9.17) is 0 Å². The first kappa shape index (κ1) is 19.0. The van der Waals surface area contributed by atoms with E-state index in [2.05, 4.69) is 10.3 Å². The van der Waals surface area contributed by atoms with Crippen LogP contribution in [0.1, 0.15) is 11.7 Å². The lowest BCUT2D eigenvalue weighted by Gasteiger charge is -2.16. The molecule has 3 aromatic rings. The van der Waals surface area contributed by atoms with Crippen LogP contribution in [0.2, 0.25) is 0 Å². The van der Waals surface area contributed by atoms with Crippen molar-refractivity contribution in [2.75, 3.05) is 13.1 Å². The predicted molar refractivity (Wildman–Crippen MR) is 100 cm³/mol. The second kappa shape index (κ2) is 7.87. The smallest absolute Gasteiger partial charge is 0.332 e. The number of hydrogen-bond donors (Lipinski definition) is 3. The Morgan fingerprint density at radius 2 is 1.78 bits per heavy atom. The lowest BCUT2D eigenvalue weighted by atomic mass is 10.1. The molecule has 0 radical (unpaired) electrons. The van der Waals surface area contributed by atoms with Gasteiger partial charge in [-0.25, -0.2) is 9.78 Å². The van der Waals surface area contributed by atoms with Crippen molar-refractivity contribution in [2.24, 2.45) is 14.1 Å². The van der Waals surface area contributed by atoms with Crippen LogP contribution >= 0.6 is 0 Å². The Morgan fingerprint density at radius 1 is 1.07 bits per heavy atom. The molecule has 0 spiro atoms. The minimum atomic E-state index is -0.799. The van der Waals surface area contributed by atoms with Crippen molar-refractivity contribution in [3.63, 3.8) is 0 Å². The quantitative estimate of drug-likeness (QED) is 0.495. The zero-order valence-electron chi connectivity index (χ0n) is 15.2. The number of rotatable bonds is 7. The van der Waals surface area contributed by atoms with E-state index in [9.17, 15) is 19.8 Å². The Kier molecular flexibility index (Phi) is 5.54. The lowest BCUT2D eigenvalue weighted by Crippen LogP contribution is -2.38. The van der Waals surface area contributed by atoms with Crippen LogP contribution in [0.3, 0.4) is 0 Å². The van der Waals surface area contributed by atoms with E-state index >= 15 is 0 Å². The topological polar surface area (TPSA) is 114 Å². The van der Waals surface area contributed by atoms with Gasteiger partial charge in [0, 0.05) is 27.2 Å². The fourth-order valence-corrected chi connectivity index (χ4v) is 3.01. The molecule has 0 amide bonds. The van der Waals surface area contributed by atoms with Gasteiger partial charge in [0.2, 0.25) is 0 Å². The van der Waals surface area contributed by atoms with Crippen LogP contribution in [0, 0.1) is 0 Å². The number of aryl methyl sites for hydroxylation is 1. The van der Waals surface area contributed by atoms with Crippen LogP contribution in [0.15, 0.2) is 46.2 Å². The molecule has 9 nitrogen and oxygen atoms in total. The SMILES string of the molecule is Cn1c(=O)c2c(ncn2CC(O)CNCC(O)c2ccccc2)n(C)c1=O. The summed E-state index contributed by atoms with van der Waals surface area (Å²) >= 11 is 0. The largest absolute Gasteiger partial charge is 0.390 e. The summed E-state index contributed by atoms with van der Waals surface area (Å²) in [6.07, 6.45) is -0.0327. The van der Waals surface area contributed by atoms with Gasteiger partial charge in [-0.1, -0.05) is 30.3 Å². The predicted octanol–water partition coefficient (Wildman–Crippen LogP) is -0.882. The van der Waals surface area contributed by atoms with Crippen molar-refractivity contribution in [1.82, 2.24) is 24.0 Å². The lowest BCUT2D eigenvalue weighted by molar-refractivity contribution is 0.135. The molecule has 144 valence electrons. The second-order valence-corrected chi connectivity index (χ2v) is 6.51. The number of nitrogens with one attached hydrogen (secondary N) is 1. The average Bonchev–Trinajstić information content (AvgIpc) is 3.08. The van der Waals surface area contributed by atoms with Crippen LogP contribution < -0.4 is 16.6 Å². The Balaban J connectivity index is 1.66. The summed E-state index contributed by atoms with van der Waals surface area (Å²) in [6.45, 7) is 0.663. The highest BCUT2D eigenvalue weighted by molar-refractivity contribution is 5.69. The molecular weight excluding hydrogens is 350 g/mol. The normalized spacial score (nSPS) is 13.8. The molecule has 1 aromatic carbocycles. The molecule has 2 unspecified atom stereocenters. The highest BCUT2D eigenvalue weighted by Crippen LogP contribution is 2.10. The van der Waals surface area contributed by atoms with Gasteiger partial charge < -0.3 is 20.1 Å². The van der Waals surface area contributed by atoms with E-state index < -0.39 is 23.5 Å². The standard InChI is InChI=1S/C18H23N5O4/c1-21-16-15(17(26)22(2)18(21)27)23(11-20-16)10-13(24)8-19-9-14(25)12-6-4-3-5-7-12/h3-7,11,13-14,19,24-25H,8-10H2,1-2H3. The molecule has 2 aromatic heterocycles. The van der Waals surface area contributed by atoms with E-state index in [1.165, 1.54) is 22.5 Å². The monoisotopic (exact) mass is 373 g/mol. The molecule has 3 rings (SSSR count). The number of nitrogens with zero attached hydrogens (tertiary/aromatic N) is 4. The van der Waals surface area contributed by atoms with Crippen molar-refractivity contribution in [1.29, 1.82) is 0 Å². The van der Waals surface area contributed by atoms with Crippen molar-refractivity contribution in [3.8, 4) is 0 Å². The molecule has 0 fully saturated rings.